The number of nitrogens with one attached hydrogen (secondary N) is 1. The van der Waals surface area contributed by atoms with Gasteiger partial charge in [-0.3, -0.25) is 9.59 Å². The van der Waals surface area contributed by atoms with E-state index in [0.717, 1.165) is 12.1 Å². The van der Waals surface area contributed by atoms with E-state index in [2.05, 4.69) is 10.4 Å². The van der Waals surface area contributed by atoms with Gasteiger partial charge in [0.15, 0.2) is 5.60 Å². The lowest BCUT2D eigenvalue weighted by atomic mass is 9.74. The maximum Gasteiger partial charge on any atom is 0.418 e. The maximum atomic E-state index is 14.5. The fourth-order valence-electron chi connectivity index (χ4n) is 6.40. The van der Waals surface area contributed by atoms with E-state index in [9.17, 15) is 32.3 Å². The van der Waals surface area contributed by atoms with Crippen molar-refractivity contribution in [3.05, 3.63) is 83.3 Å². The van der Waals surface area contributed by atoms with Crippen molar-refractivity contribution in [3.8, 4) is 11.4 Å². The molecule has 0 saturated carbocycles. The molecule has 1 aliphatic rings. The lowest BCUT2D eigenvalue weighted by Gasteiger charge is -2.38. The summed E-state index contributed by atoms with van der Waals surface area (Å²) in [6.07, 6.45) is -3.18. The number of fused-ring (bicyclic) bond motifs is 1. The third kappa shape index (κ3) is 6.62. The number of ether oxygens (including phenoxy) is 1. The zero-order valence-corrected chi connectivity index (χ0v) is 26.5. The van der Waals surface area contributed by atoms with Gasteiger partial charge < -0.3 is 25.8 Å². The van der Waals surface area contributed by atoms with E-state index in [-0.39, 0.29) is 17.2 Å². The van der Waals surface area contributed by atoms with Crippen LogP contribution in [0.5, 0.6) is 5.75 Å². The van der Waals surface area contributed by atoms with Crippen LogP contribution in [0, 0.1) is 12.7 Å². The Labute approximate surface area is 269 Å². The number of hydrogen-bond acceptors (Lipinski definition) is 6. The summed E-state index contributed by atoms with van der Waals surface area (Å²) >= 11 is 0. The molecule has 2 amide bonds. The lowest BCUT2D eigenvalue weighted by Crippen LogP contribution is -2.53. The average molecular weight is 656 g/mol. The number of nitrogens with zero attached hydrogens (tertiary/aromatic N) is 3. The molecule has 2 atom stereocenters. The molecule has 2 heterocycles. The Bertz CT molecular complexity index is 1820. The smallest absolute Gasteiger partial charge is 0.418 e. The van der Waals surface area contributed by atoms with Crippen LogP contribution in [0.25, 0.3) is 16.6 Å². The lowest BCUT2D eigenvalue weighted by molar-refractivity contribution is -0.260. The van der Waals surface area contributed by atoms with Gasteiger partial charge in [-0.2, -0.15) is 18.3 Å². The number of carbonyl (C=O) groups is 2. The number of alkyl halides is 3. The number of anilines is 1. The molecular formula is C34H37F4N5O4. The van der Waals surface area contributed by atoms with Crippen molar-refractivity contribution < 1.29 is 37.0 Å². The highest BCUT2D eigenvalue weighted by Gasteiger charge is 2.56. The van der Waals surface area contributed by atoms with Gasteiger partial charge in [0.1, 0.15) is 17.6 Å². The summed E-state index contributed by atoms with van der Waals surface area (Å²) in [6, 6.07) is 13.1. The molecule has 0 aliphatic carbocycles. The Morgan fingerprint density at radius 2 is 1.87 bits per heavy atom. The highest BCUT2D eigenvalue weighted by molar-refractivity contribution is 5.98. The summed E-state index contributed by atoms with van der Waals surface area (Å²) in [6.45, 7) is 4.27. The van der Waals surface area contributed by atoms with Gasteiger partial charge in [0.25, 0.3) is 5.91 Å². The molecule has 4 aromatic rings. The first-order valence-corrected chi connectivity index (χ1v) is 15.1. The summed E-state index contributed by atoms with van der Waals surface area (Å²) in [4.78, 5) is 26.6. The van der Waals surface area contributed by atoms with Gasteiger partial charge in [0, 0.05) is 28.7 Å². The third-order valence-electron chi connectivity index (χ3n) is 8.74. The fourth-order valence-corrected chi connectivity index (χ4v) is 6.40. The van der Waals surface area contributed by atoms with Crippen LogP contribution >= 0.6 is 0 Å². The monoisotopic (exact) mass is 655 g/mol. The predicted octanol–water partition coefficient (Wildman–Crippen LogP) is 5.64. The largest absolute Gasteiger partial charge is 0.496 e. The Hall–Kier alpha value is -4.65. The number of carbonyl (C=O) groups excluding carboxylic acids is 2. The number of halogens is 4. The van der Waals surface area contributed by atoms with E-state index in [4.69, 9.17) is 10.5 Å². The molecule has 9 nitrogen and oxygen atoms in total. The molecule has 5 rings (SSSR count). The molecule has 47 heavy (non-hydrogen) atoms. The van der Waals surface area contributed by atoms with E-state index in [1.54, 1.807) is 48.0 Å². The van der Waals surface area contributed by atoms with Crippen molar-refractivity contribution in [2.75, 3.05) is 25.5 Å². The second-order valence-electron chi connectivity index (χ2n) is 12.7. The normalized spacial score (nSPS) is 16.7. The van der Waals surface area contributed by atoms with Crippen LogP contribution < -0.4 is 15.8 Å². The number of likely N-dealkylation sites (tertiary alicyclic amines) is 1. The summed E-state index contributed by atoms with van der Waals surface area (Å²) in [5, 5.41) is 18.9. The van der Waals surface area contributed by atoms with E-state index < -0.39 is 47.9 Å². The molecule has 0 bridgehead atoms. The van der Waals surface area contributed by atoms with Crippen molar-refractivity contribution in [1.82, 2.24) is 14.7 Å². The number of nitrogens with two attached hydrogens (primary N) is 1. The van der Waals surface area contributed by atoms with E-state index in [1.807, 2.05) is 0 Å². The molecule has 0 spiro atoms. The maximum absolute atomic E-state index is 14.5. The number of rotatable bonds is 10. The Kier molecular flexibility index (Phi) is 8.97. The number of benzene rings is 3. The highest BCUT2D eigenvalue weighted by Crippen LogP contribution is 2.44. The summed E-state index contributed by atoms with van der Waals surface area (Å²) in [7, 11) is 1.34. The number of aromatic nitrogens is 2. The SMILES string of the molecule is COc1ccc(F)cc1C(C)(C)CC(O)(CNc1cc(C)cc2c1cnn2-c1cccc(C(=O)N2CCC[C@H]2C(N)=O)c1)C(F)(F)F. The first-order chi connectivity index (χ1) is 22.0. The number of primary amides is 1. The van der Waals surface area contributed by atoms with Crippen LogP contribution in [0.1, 0.15) is 54.6 Å². The molecule has 1 unspecified atom stereocenters. The van der Waals surface area contributed by atoms with Gasteiger partial charge in [0.2, 0.25) is 5.91 Å². The van der Waals surface area contributed by atoms with Crippen LogP contribution in [-0.2, 0) is 10.2 Å². The van der Waals surface area contributed by atoms with Crippen LogP contribution in [0.4, 0.5) is 23.2 Å². The van der Waals surface area contributed by atoms with Gasteiger partial charge in [0.05, 0.1) is 31.1 Å². The van der Waals surface area contributed by atoms with E-state index in [1.165, 1.54) is 38.1 Å². The number of hydrogen-bond donors (Lipinski definition) is 3. The van der Waals surface area contributed by atoms with Gasteiger partial charge >= 0.3 is 6.18 Å². The van der Waals surface area contributed by atoms with Crippen LogP contribution in [0.15, 0.2) is 60.8 Å². The molecule has 1 saturated heterocycles. The molecule has 0 radical (unpaired) electrons. The number of aliphatic hydroxyl groups is 1. The molecule has 1 aromatic heterocycles. The third-order valence-corrected chi connectivity index (χ3v) is 8.74. The molecule has 13 heteroatoms. The van der Waals surface area contributed by atoms with Crippen molar-refractivity contribution in [2.24, 2.45) is 5.73 Å². The minimum Gasteiger partial charge on any atom is -0.496 e. The van der Waals surface area contributed by atoms with Crippen molar-refractivity contribution in [1.29, 1.82) is 0 Å². The number of amides is 2. The summed E-state index contributed by atoms with van der Waals surface area (Å²) < 4.78 is 64.6. The quantitative estimate of drug-likeness (QED) is 0.190. The minimum atomic E-state index is -5.04. The van der Waals surface area contributed by atoms with Gasteiger partial charge in [-0.1, -0.05) is 19.9 Å². The Balaban J connectivity index is 1.45. The molecule has 3 aromatic carbocycles. The predicted molar refractivity (Wildman–Crippen MR) is 169 cm³/mol. The van der Waals surface area contributed by atoms with Crippen molar-refractivity contribution >= 4 is 28.4 Å². The molecule has 250 valence electrons. The Morgan fingerprint density at radius 1 is 1.13 bits per heavy atom. The second-order valence-corrected chi connectivity index (χ2v) is 12.7. The van der Waals surface area contributed by atoms with Gasteiger partial charge in [-0.05, 0) is 85.7 Å². The van der Waals surface area contributed by atoms with Crippen molar-refractivity contribution in [2.45, 2.75) is 63.3 Å². The summed E-state index contributed by atoms with van der Waals surface area (Å²) in [5.41, 5.74) is 3.55. The molecular weight excluding hydrogens is 618 g/mol. The Morgan fingerprint density at radius 3 is 2.55 bits per heavy atom. The van der Waals surface area contributed by atoms with Crippen LogP contribution in [-0.4, -0.2) is 69.6 Å². The standard InChI is InChI=1S/C34H37F4N5O4/c1-20-13-26(40-19-33(46,34(36,37)38)18-32(2,3)25-16-22(35)10-11-29(25)47-4)24-17-41-43(28(24)14-20)23-8-5-7-21(15-23)31(45)42-12-6-9-27(42)30(39)44/h5,7-8,10-11,13-17,27,40,46H,6,9,12,18-19H2,1-4H3,(H2,39,44)/t27-,33?/m0/s1. The highest BCUT2D eigenvalue weighted by atomic mass is 19.4. The first-order valence-electron chi connectivity index (χ1n) is 15.1. The second kappa shape index (κ2) is 12.5. The topological polar surface area (TPSA) is 123 Å². The number of methoxy groups -OCH3 is 1. The van der Waals surface area contributed by atoms with Gasteiger partial charge in [-0.15, -0.1) is 0 Å². The molecule has 1 fully saturated rings. The van der Waals surface area contributed by atoms with E-state index >= 15 is 0 Å². The van der Waals surface area contributed by atoms with Crippen LogP contribution in [0.3, 0.4) is 0 Å². The zero-order valence-electron chi connectivity index (χ0n) is 26.5. The molecule has 4 N–H and O–H groups in total. The van der Waals surface area contributed by atoms with Crippen molar-refractivity contribution in [3.63, 3.8) is 0 Å². The molecule has 1 aliphatic heterocycles. The fraction of sp³-hybridized carbons (Fsp3) is 0.382. The van der Waals surface area contributed by atoms with Gasteiger partial charge in [-0.25, -0.2) is 9.07 Å². The summed E-state index contributed by atoms with van der Waals surface area (Å²) in [5.74, 6) is -1.33. The minimum absolute atomic E-state index is 0.192. The van der Waals surface area contributed by atoms with Crippen LogP contribution in [0.2, 0.25) is 0 Å². The zero-order chi connectivity index (χ0) is 34.3. The first kappa shape index (κ1) is 33.7. The number of aryl methyl sites for hydroxylation is 1. The average Bonchev–Trinajstić information content (AvgIpc) is 3.67. The van der Waals surface area contributed by atoms with E-state index in [0.29, 0.717) is 52.8 Å².